The van der Waals surface area contributed by atoms with Crippen LogP contribution in [0.4, 0.5) is 11.4 Å². The minimum Gasteiger partial charge on any atom is -0.355 e. The number of amides is 1. The number of hydrogen-bond donors (Lipinski definition) is 1. The summed E-state index contributed by atoms with van der Waals surface area (Å²) in [5, 5.41) is 3.37. The van der Waals surface area contributed by atoms with Gasteiger partial charge in [-0.1, -0.05) is 6.07 Å². The predicted molar refractivity (Wildman–Crippen MR) is 103 cm³/mol. The van der Waals surface area contributed by atoms with Gasteiger partial charge in [-0.25, -0.2) is 0 Å². The summed E-state index contributed by atoms with van der Waals surface area (Å²) >= 11 is 0. The number of carbonyl (C=O) groups is 1. The molecule has 142 valence electrons. The Hall–Kier alpha value is -2.44. The Morgan fingerprint density at radius 2 is 1.70 bits per heavy atom. The molecule has 0 aliphatic carbocycles. The number of aromatic nitrogens is 1. The fourth-order valence-corrected chi connectivity index (χ4v) is 3.84. The van der Waals surface area contributed by atoms with Gasteiger partial charge in [-0.2, -0.15) is 0 Å². The molecule has 0 atom stereocenters. The van der Waals surface area contributed by atoms with E-state index in [0.717, 1.165) is 11.4 Å². The van der Waals surface area contributed by atoms with Crippen LogP contribution in [0, 0.1) is 13.8 Å². The first-order valence-corrected chi connectivity index (χ1v) is 9.42. The van der Waals surface area contributed by atoms with E-state index in [0.29, 0.717) is 44.8 Å². The van der Waals surface area contributed by atoms with E-state index in [1.54, 1.807) is 6.20 Å². The third kappa shape index (κ3) is 3.96. The Morgan fingerprint density at radius 1 is 1.04 bits per heavy atom. The number of benzene rings is 1. The molecule has 3 heterocycles. The number of nitrogens with zero attached hydrogens (tertiary/aromatic N) is 2. The molecule has 1 amide bonds. The van der Waals surface area contributed by atoms with Crippen molar-refractivity contribution in [1.29, 1.82) is 0 Å². The van der Waals surface area contributed by atoms with E-state index in [1.165, 1.54) is 11.1 Å². The van der Waals surface area contributed by atoms with Crippen LogP contribution in [0.25, 0.3) is 0 Å². The SMILES string of the molecule is Cc1cc(C)cc(Nc2ccnc(C(=O)N3CCC4(CC3)OCCO4)c2)c1. The molecule has 0 saturated carbocycles. The van der Waals surface area contributed by atoms with Crippen molar-refractivity contribution in [2.75, 3.05) is 31.6 Å². The Balaban J connectivity index is 1.45. The van der Waals surface area contributed by atoms with Crippen molar-refractivity contribution in [3.8, 4) is 0 Å². The van der Waals surface area contributed by atoms with Crippen LogP contribution < -0.4 is 5.32 Å². The number of aryl methyl sites for hydroxylation is 2. The molecule has 2 saturated heterocycles. The van der Waals surface area contributed by atoms with Gasteiger partial charge in [0.25, 0.3) is 5.91 Å². The fraction of sp³-hybridized carbons (Fsp3) is 0.429. The van der Waals surface area contributed by atoms with Gasteiger partial charge in [-0.05, 0) is 49.2 Å². The number of nitrogens with one attached hydrogen (secondary N) is 1. The number of rotatable bonds is 3. The lowest BCUT2D eigenvalue weighted by molar-refractivity contribution is -0.181. The van der Waals surface area contributed by atoms with Gasteiger partial charge in [0, 0.05) is 43.5 Å². The Labute approximate surface area is 159 Å². The smallest absolute Gasteiger partial charge is 0.272 e. The third-order valence-corrected chi connectivity index (χ3v) is 5.12. The monoisotopic (exact) mass is 367 g/mol. The van der Waals surface area contributed by atoms with Crippen molar-refractivity contribution in [2.24, 2.45) is 0 Å². The zero-order chi connectivity index (χ0) is 18.9. The molecule has 2 aliphatic rings. The maximum absolute atomic E-state index is 12.9. The number of likely N-dealkylation sites (tertiary alicyclic amines) is 1. The van der Waals surface area contributed by atoms with Crippen LogP contribution in [-0.2, 0) is 9.47 Å². The van der Waals surface area contributed by atoms with Crippen LogP contribution in [0.1, 0.15) is 34.5 Å². The zero-order valence-electron chi connectivity index (χ0n) is 15.8. The summed E-state index contributed by atoms with van der Waals surface area (Å²) in [6.07, 6.45) is 3.09. The molecule has 2 aromatic rings. The number of ether oxygens (including phenoxy) is 2. The van der Waals surface area contributed by atoms with Gasteiger partial charge in [0.15, 0.2) is 5.79 Å². The van der Waals surface area contributed by atoms with Crippen molar-refractivity contribution in [1.82, 2.24) is 9.88 Å². The quantitative estimate of drug-likeness (QED) is 0.901. The first-order valence-electron chi connectivity index (χ1n) is 9.42. The molecule has 27 heavy (non-hydrogen) atoms. The van der Waals surface area contributed by atoms with E-state index in [9.17, 15) is 4.79 Å². The molecule has 6 nitrogen and oxygen atoms in total. The zero-order valence-corrected chi connectivity index (χ0v) is 15.8. The van der Waals surface area contributed by atoms with Crippen LogP contribution in [0.5, 0.6) is 0 Å². The summed E-state index contributed by atoms with van der Waals surface area (Å²) in [7, 11) is 0. The van der Waals surface area contributed by atoms with Crippen LogP contribution in [0.2, 0.25) is 0 Å². The lowest BCUT2D eigenvalue weighted by Crippen LogP contribution is -2.47. The van der Waals surface area contributed by atoms with Crippen LogP contribution in [-0.4, -0.2) is 47.9 Å². The Morgan fingerprint density at radius 3 is 2.37 bits per heavy atom. The molecule has 1 N–H and O–H groups in total. The summed E-state index contributed by atoms with van der Waals surface area (Å²) in [6, 6.07) is 9.99. The van der Waals surface area contributed by atoms with E-state index in [-0.39, 0.29) is 5.91 Å². The van der Waals surface area contributed by atoms with Crippen molar-refractivity contribution >= 4 is 17.3 Å². The molecule has 2 fully saturated rings. The molecule has 6 heteroatoms. The topological polar surface area (TPSA) is 63.7 Å². The second kappa shape index (κ2) is 7.29. The minimum atomic E-state index is -0.476. The van der Waals surface area contributed by atoms with Gasteiger partial charge in [0.1, 0.15) is 5.69 Å². The first-order chi connectivity index (χ1) is 13.0. The van der Waals surface area contributed by atoms with E-state index >= 15 is 0 Å². The summed E-state index contributed by atoms with van der Waals surface area (Å²) < 4.78 is 11.5. The maximum atomic E-state index is 12.9. The van der Waals surface area contributed by atoms with E-state index < -0.39 is 5.79 Å². The highest BCUT2D eigenvalue weighted by atomic mass is 16.7. The highest BCUT2D eigenvalue weighted by Crippen LogP contribution is 2.31. The van der Waals surface area contributed by atoms with Crippen molar-refractivity contribution in [3.05, 3.63) is 53.3 Å². The summed E-state index contributed by atoms with van der Waals surface area (Å²) in [6.45, 7) is 6.66. The van der Waals surface area contributed by atoms with Crippen LogP contribution >= 0.6 is 0 Å². The lowest BCUT2D eigenvalue weighted by atomic mass is 10.0. The molecular formula is C21H25N3O3. The van der Waals surface area contributed by atoms with Gasteiger partial charge in [0.05, 0.1) is 13.2 Å². The molecule has 2 aliphatic heterocycles. The molecule has 0 bridgehead atoms. The Bertz CT molecular complexity index is 816. The first kappa shape index (κ1) is 17.9. The predicted octanol–water partition coefficient (Wildman–Crippen LogP) is 3.42. The molecule has 1 spiro atoms. The van der Waals surface area contributed by atoms with Crippen molar-refractivity contribution in [3.63, 3.8) is 0 Å². The molecule has 1 aromatic heterocycles. The standard InChI is InChI=1S/C21H25N3O3/c1-15-11-16(2)13-18(12-15)23-17-3-6-22-19(14-17)20(25)24-7-4-21(5-8-24)26-9-10-27-21/h3,6,11-14H,4-5,7-10H2,1-2H3,(H,22,23). The number of pyridine rings is 1. The maximum Gasteiger partial charge on any atom is 0.272 e. The average Bonchev–Trinajstić information content (AvgIpc) is 3.09. The van der Waals surface area contributed by atoms with E-state index in [2.05, 4.69) is 42.3 Å². The number of piperidine rings is 1. The number of hydrogen-bond acceptors (Lipinski definition) is 5. The number of carbonyl (C=O) groups excluding carboxylic acids is 1. The van der Waals surface area contributed by atoms with Gasteiger partial charge in [0.2, 0.25) is 0 Å². The summed E-state index contributed by atoms with van der Waals surface area (Å²) in [5.74, 6) is -0.525. The third-order valence-electron chi connectivity index (χ3n) is 5.12. The molecule has 4 rings (SSSR count). The minimum absolute atomic E-state index is 0.0491. The average molecular weight is 367 g/mol. The fourth-order valence-electron chi connectivity index (χ4n) is 3.84. The normalized spacial score (nSPS) is 18.7. The molecule has 0 unspecified atom stereocenters. The van der Waals surface area contributed by atoms with Crippen LogP contribution in [0.15, 0.2) is 36.5 Å². The molecule has 1 aromatic carbocycles. The number of anilines is 2. The largest absolute Gasteiger partial charge is 0.355 e. The second-order valence-electron chi connectivity index (χ2n) is 7.33. The molecular weight excluding hydrogens is 342 g/mol. The van der Waals surface area contributed by atoms with E-state index in [4.69, 9.17) is 9.47 Å². The van der Waals surface area contributed by atoms with Crippen LogP contribution in [0.3, 0.4) is 0 Å². The summed E-state index contributed by atoms with van der Waals surface area (Å²) in [5.41, 5.74) is 4.71. The van der Waals surface area contributed by atoms with Gasteiger partial charge >= 0.3 is 0 Å². The van der Waals surface area contributed by atoms with Crippen molar-refractivity contribution < 1.29 is 14.3 Å². The molecule has 0 radical (unpaired) electrons. The Kier molecular flexibility index (Phi) is 4.85. The highest BCUT2D eigenvalue weighted by Gasteiger charge is 2.41. The van der Waals surface area contributed by atoms with Crippen molar-refractivity contribution in [2.45, 2.75) is 32.5 Å². The highest BCUT2D eigenvalue weighted by molar-refractivity contribution is 5.93. The second-order valence-corrected chi connectivity index (χ2v) is 7.33. The summed E-state index contributed by atoms with van der Waals surface area (Å²) in [4.78, 5) is 19.0. The van der Waals surface area contributed by atoms with Gasteiger partial charge in [-0.15, -0.1) is 0 Å². The lowest BCUT2D eigenvalue weighted by Gasteiger charge is -2.37. The van der Waals surface area contributed by atoms with Gasteiger partial charge in [-0.3, -0.25) is 9.78 Å². The van der Waals surface area contributed by atoms with E-state index in [1.807, 2.05) is 17.0 Å². The van der Waals surface area contributed by atoms with Gasteiger partial charge < -0.3 is 19.7 Å².